The van der Waals surface area contributed by atoms with Crippen molar-refractivity contribution >= 4 is 5.97 Å². The lowest BCUT2D eigenvalue weighted by atomic mass is 10.4. The van der Waals surface area contributed by atoms with Crippen molar-refractivity contribution in [3.63, 3.8) is 0 Å². The van der Waals surface area contributed by atoms with Gasteiger partial charge in [0, 0.05) is 6.07 Å². The van der Waals surface area contributed by atoms with Gasteiger partial charge in [-0.15, -0.1) is 16.6 Å². The van der Waals surface area contributed by atoms with E-state index in [0.717, 1.165) is 0 Å². The Morgan fingerprint density at radius 2 is 2.38 bits per heavy atom. The number of ether oxygens (including phenoxy) is 1. The van der Waals surface area contributed by atoms with E-state index >= 15 is 0 Å². The van der Waals surface area contributed by atoms with Crippen LogP contribution in [-0.2, 0) is 0 Å². The van der Waals surface area contributed by atoms with E-state index < -0.39 is 5.97 Å². The van der Waals surface area contributed by atoms with E-state index in [1.54, 1.807) is 0 Å². The molecule has 1 N–H and O–H groups in total. The molecule has 0 radical (unpaired) electrons. The fraction of sp³-hybridized carbons (Fsp3) is 0.125. The van der Waals surface area contributed by atoms with E-state index in [1.165, 1.54) is 12.1 Å². The van der Waals surface area contributed by atoms with Crippen molar-refractivity contribution < 1.29 is 14.6 Å². The molecule has 0 saturated heterocycles. The molecule has 1 rings (SSSR count). The molecule has 0 spiro atoms. The van der Waals surface area contributed by atoms with Gasteiger partial charge in [0.2, 0.25) is 5.88 Å². The van der Waals surface area contributed by atoms with Gasteiger partial charge in [0.25, 0.3) is 0 Å². The van der Waals surface area contributed by atoms with Crippen molar-refractivity contribution in [2.24, 2.45) is 0 Å². The number of hydrogen-bond acceptors (Lipinski definition) is 4. The van der Waals surface area contributed by atoms with Crippen molar-refractivity contribution in [1.82, 2.24) is 10.2 Å². The summed E-state index contributed by atoms with van der Waals surface area (Å²) in [6.45, 7) is 0.0844. The van der Waals surface area contributed by atoms with Crippen LogP contribution >= 0.6 is 0 Å². The summed E-state index contributed by atoms with van der Waals surface area (Å²) >= 11 is 0. The first kappa shape index (κ1) is 9.00. The minimum atomic E-state index is -1.13. The van der Waals surface area contributed by atoms with E-state index in [-0.39, 0.29) is 18.2 Å². The average Bonchev–Trinajstić information content (AvgIpc) is 2.15. The SMILES string of the molecule is C#CCOc1ccc(C(=O)O)nn1. The number of terminal acetylenes is 1. The molecule has 0 bridgehead atoms. The maximum Gasteiger partial charge on any atom is 0.356 e. The number of aromatic nitrogens is 2. The van der Waals surface area contributed by atoms with Gasteiger partial charge in [0.15, 0.2) is 12.3 Å². The molecule has 1 heterocycles. The molecule has 5 nitrogen and oxygen atoms in total. The predicted molar refractivity (Wildman–Crippen MR) is 43.3 cm³/mol. The van der Waals surface area contributed by atoms with Gasteiger partial charge in [-0.05, 0) is 6.07 Å². The van der Waals surface area contributed by atoms with Gasteiger partial charge in [0.05, 0.1) is 0 Å². The quantitative estimate of drug-likeness (QED) is 0.668. The zero-order valence-corrected chi connectivity index (χ0v) is 6.60. The van der Waals surface area contributed by atoms with Gasteiger partial charge in [0.1, 0.15) is 0 Å². The van der Waals surface area contributed by atoms with Gasteiger partial charge < -0.3 is 9.84 Å². The Morgan fingerprint density at radius 3 is 2.85 bits per heavy atom. The van der Waals surface area contributed by atoms with Gasteiger partial charge >= 0.3 is 5.97 Å². The van der Waals surface area contributed by atoms with Gasteiger partial charge in [-0.1, -0.05) is 5.92 Å². The van der Waals surface area contributed by atoms with Crippen LogP contribution in [0, 0.1) is 12.3 Å². The number of carbonyl (C=O) groups is 1. The molecule has 1 aromatic heterocycles. The first-order valence-electron chi connectivity index (χ1n) is 3.37. The second kappa shape index (κ2) is 4.07. The summed E-state index contributed by atoms with van der Waals surface area (Å²) < 4.78 is 4.89. The first-order valence-corrected chi connectivity index (χ1v) is 3.37. The summed E-state index contributed by atoms with van der Waals surface area (Å²) in [5.74, 6) is 1.33. The van der Waals surface area contributed by atoms with Crippen LogP contribution in [-0.4, -0.2) is 27.9 Å². The third-order valence-electron chi connectivity index (χ3n) is 1.16. The molecule has 0 atom stereocenters. The van der Waals surface area contributed by atoms with Crippen LogP contribution in [0.15, 0.2) is 12.1 Å². The zero-order chi connectivity index (χ0) is 9.68. The van der Waals surface area contributed by atoms with Crippen LogP contribution in [0.1, 0.15) is 10.5 Å². The Balaban J connectivity index is 2.71. The molecule has 0 amide bonds. The highest BCUT2D eigenvalue weighted by atomic mass is 16.5. The van der Waals surface area contributed by atoms with Crippen molar-refractivity contribution in [1.29, 1.82) is 0 Å². The van der Waals surface area contributed by atoms with Gasteiger partial charge in [-0.2, -0.15) is 0 Å². The molecule has 1 aromatic rings. The molecule has 0 saturated carbocycles. The summed E-state index contributed by atoms with van der Waals surface area (Å²) in [6.07, 6.45) is 4.94. The topological polar surface area (TPSA) is 72.3 Å². The summed E-state index contributed by atoms with van der Waals surface area (Å²) in [5.41, 5.74) is -0.131. The number of hydrogen-bond donors (Lipinski definition) is 1. The Labute approximate surface area is 74.4 Å². The largest absolute Gasteiger partial charge is 0.476 e. The lowest BCUT2D eigenvalue weighted by molar-refractivity contribution is 0.0689. The van der Waals surface area contributed by atoms with Crippen LogP contribution in [0.3, 0.4) is 0 Å². The molecule has 0 unspecified atom stereocenters. The summed E-state index contributed by atoms with van der Waals surface area (Å²) in [5, 5.41) is 15.4. The van der Waals surface area contributed by atoms with Crippen molar-refractivity contribution in [2.45, 2.75) is 0 Å². The maximum atomic E-state index is 10.4. The minimum Gasteiger partial charge on any atom is -0.476 e. The molecule has 0 fully saturated rings. The molecule has 0 aromatic carbocycles. The number of aromatic carboxylic acids is 1. The van der Waals surface area contributed by atoms with Crippen molar-refractivity contribution in [3.05, 3.63) is 17.8 Å². The van der Waals surface area contributed by atoms with Crippen LogP contribution in [0.25, 0.3) is 0 Å². The number of rotatable bonds is 3. The highest BCUT2D eigenvalue weighted by Crippen LogP contribution is 2.03. The molecule has 5 heteroatoms. The first-order chi connectivity index (χ1) is 6.24. The van der Waals surface area contributed by atoms with Crippen LogP contribution in [0.2, 0.25) is 0 Å². The fourth-order valence-electron chi connectivity index (χ4n) is 0.627. The fourth-order valence-corrected chi connectivity index (χ4v) is 0.627. The van der Waals surface area contributed by atoms with Gasteiger partial charge in [-0.3, -0.25) is 0 Å². The smallest absolute Gasteiger partial charge is 0.356 e. The standard InChI is InChI=1S/C8H6N2O3/c1-2-5-13-7-4-3-6(8(11)12)9-10-7/h1,3-4H,5H2,(H,11,12). The van der Waals surface area contributed by atoms with Crippen LogP contribution in [0.4, 0.5) is 0 Å². The van der Waals surface area contributed by atoms with Gasteiger partial charge in [-0.25, -0.2) is 4.79 Å². The maximum absolute atomic E-state index is 10.4. The predicted octanol–water partition coefficient (Wildman–Crippen LogP) is 0.187. The molecular weight excluding hydrogens is 172 g/mol. The van der Waals surface area contributed by atoms with Crippen LogP contribution in [0.5, 0.6) is 5.88 Å². The Hall–Kier alpha value is -2.09. The second-order valence-corrected chi connectivity index (χ2v) is 2.05. The summed E-state index contributed by atoms with van der Waals surface area (Å²) in [4.78, 5) is 10.4. The Kier molecular flexibility index (Phi) is 2.82. The highest BCUT2D eigenvalue weighted by molar-refractivity contribution is 5.84. The lowest BCUT2D eigenvalue weighted by Gasteiger charge is -1.98. The summed E-state index contributed by atoms with van der Waals surface area (Å²) in [6, 6.07) is 2.69. The Morgan fingerprint density at radius 1 is 1.62 bits per heavy atom. The molecular formula is C8H6N2O3. The molecule has 0 aliphatic rings. The average molecular weight is 178 g/mol. The van der Waals surface area contributed by atoms with E-state index in [2.05, 4.69) is 16.1 Å². The lowest BCUT2D eigenvalue weighted by Crippen LogP contribution is -2.03. The van der Waals surface area contributed by atoms with E-state index in [1.807, 2.05) is 0 Å². The minimum absolute atomic E-state index is 0.0844. The Bertz CT molecular complexity index is 339. The highest BCUT2D eigenvalue weighted by Gasteiger charge is 2.04. The zero-order valence-electron chi connectivity index (χ0n) is 6.60. The van der Waals surface area contributed by atoms with Crippen molar-refractivity contribution in [3.8, 4) is 18.2 Å². The third-order valence-corrected chi connectivity index (χ3v) is 1.16. The monoisotopic (exact) mass is 178 g/mol. The normalized spacial score (nSPS) is 8.85. The van der Waals surface area contributed by atoms with E-state index in [9.17, 15) is 4.79 Å². The molecule has 66 valence electrons. The molecule has 13 heavy (non-hydrogen) atoms. The number of carboxylic acids is 1. The van der Waals surface area contributed by atoms with Crippen molar-refractivity contribution in [2.75, 3.05) is 6.61 Å². The summed E-state index contributed by atoms with van der Waals surface area (Å²) in [7, 11) is 0. The number of carboxylic acid groups (broad SMARTS) is 1. The third kappa shape index (κ3) is 2.45. The number of nitrogens with zero attached hydrogens (tertiary/aromatic N) is 2. The second-order valence-electron chi connectivity index (χ2n) is 2.05. The molecule has 0 aliphatic heterocycles. The molecule has 0 aliphatic carbocycles. The van der Waals surface area contributed by atoms with E-state index in [0.29, 0.717) is 0 Å². The van der Waals surface area contributed by atoms with Crippen LogP contribution < -0.4 is 4.74 Å². The van der Waals surface area contributed by atoms with E-state index in [4.69, 9.17) is 16.3 Å².